The summed E-state index contributed by atoms with van der Waals surface area (Å²) in [5.41, 5.74) is 0.873. The molecule has 1 aliphatic rings. The minimum atomic E-state index is 0.691. The molecule has 1 aromatic heterocycles. The van der Waals surface area contributed by atoms with Crippen molar-refractivity contribution in [3.63, 3.8) is 0 Å². The lowest BCUT2D eigenvalue weighted by atomic mass is 9.93. The molecule has 0 bridgehead atoms. The Morgan fingerprint density at radius 1 is 1.31 bits per heavy atom. The maximum absolute atomic E-state index is 5.91. The largest absolute Gasteiger partial charge is 0.460 e. The lowest BCUT2D eigenvalue weighted by Crippen LogP contribution is -2.34. The third-order valence-electron chi connectivity index (χ3n) is 3.20. The maximum atomic E-state index is 5.91. The van der Waals surface area contributed by atoms with Crippen LogP contribution in [0.2, 0.25) is 5.02 Å². The quantitative estimate of drug-likeness (QED) is 0.877. The molecule has 1 fully saturated rings. The van der Waals surface area contributed by atoms with E-state index >= 15 is 0 Å². The van der Waals surface area contributed by atoms with Gasteiger partial charge in [0.15, 0.2) is 0 Å². The van der Waals surface area contributed by atoms with Gasteiger partial charge in [-0.15, -0.1) is 0 Å². The second-order valence-corrected chi connectivity index (χ2v) is 4.84. The van der Waals surface area contributed by atoms with Crippen LogP contribution >= 0.6 is 11.6 Å². The molecule has 2 nitrogen and oxygen atoms in total. The molecule has 1 aliphatic carbocycles. The van der Waals surface area contributed by atoms with Crippen LogP contribution in [0.15, 0.2) is 28.7 Å². The third-order valence-corrected chi connectivity index (χ3v) is 3.44. The zero-order valence-electron chi connectivity index (χ0n) is 9.00. The van der Waals surface area contributed by atoms with E-state index in [0.717, 1.165) is 28.3 Å². The molecule has 1 saturated carbocycles. The van der Waals surface area contributed by atoms with Gasteiger partial charge in [0, 0.05) is 22.5 Å². The Kier molecular flexibility index (Phi) is 2.62. The first-order valence-corrected chi connectivity index (χ1v) is 6.10. The number of hydrogen-bond acceptors (Lipinski definition) is 2. The first-order chi connectivity index (χ1) is 7.81. The summed E-state index contributed by atoms with van der Waals surface area (Å²) in [6, 6.07) is 8.52. The first kappa shape index (κ1) is 10.2. The van der Waals surface area contributed by atoms with Crippen LogP contribution in [-0.2, 0) is 6.54 Å². The number of furan rings is 1. The normalized spacial score (nSPS) is 16.6. The molecule has 1 heterocycles. The summed E-state index contributed by atoms with van der Waals surface area (Å²) in [7, 11) is 0. The zero-order valence-corrected chi connectivity index (χ0v) is 9.76. The summed E-state index contributed by atoms with van der Waals surface area (Å²) in [6.45, 7) is 0.816. The van der Waals surface area contributed by atoms with Crippen molar-refractivity contribution in [1.82, 2.24) is 5.32 Å². The fourth-order valence-corrected chi connectivity index (χ4v) is 2.17. The molecule has 1 aromatic carbocycles. The minimum Gasteiger partial charge on any atom is -0.460 e. The van der Waals surface area contributed by atoms with Gasteiger partial charge in [0.1, 0.15) is 11.3 Å². The highest BCUT2D eigenvalue weighted by Crippen LogP contribution is 2.24. The van der Waals surface area contributed by atoms with Crippen molar-refractivity contribution in [2.75, 3.05) is 0 Å². The molecule has 84 valence electrons. The van der Waals surface area contributed by atoms with Gasteiger partial charge < -0.3 is 9.73 Å². The Hall–Kier alpha value is -0.990. The summed E-state index contributed by atoms with van der Waals surface area (Å²) in [4.78, 5) is 0. The average Bonchev–Trinajstić information content (AvgIpc) is 2.57. The van der Waals surface area contributed by atoms with E-state index in [1.165, 1.54) is 19.3 Å². The number of hydrogen-bond donors (Lipinski definition) is 1. The van der Waals surface area contributed by atoms with Crippen LogP contribution in [0.5, 0.6) is 0 Å². The molecule has 3 heteroatoms. The molecular formula is C13H14ClNO. The van der Waals surface area contributed by atoms with Crippen LogP contribution < -0.4 is 5.32 Å². The highest BCUT2D eigenvalue weighted by atomic mass is 35.5. The van der Waals surface area contributed by atoms with Gasteiger partial charge in [-0.1, -0.05) is 18.0 Å². The van der Waals surface area contributed by atoms with Crippen molar-refractivity contribution in [3.05, 3.63) is 35.0 Å². The van der Waals surface area contributed by atoms with Crippen LogP contribution in [0, 0.1) is 0 Å². The number of nitrogens with one attached hydrogen (secondary N) is 1. The van der Waals surface area contributed by atoms with Crippen LogP contribution in [0.1, 0.15) is 25.0 Å². The van der Waals surface area contributed by atoms with E-state index < -0.39 is 0 Å². The molecule has 3 rings (SSSR count). The lowest BCUT2D eigenvalue weighted by Gasteiger charge is -2.25. The molecule has 0 aliphatic heterocycles. The third kappa shape index (κ3) is 1.95. The van der Waals surface area contributed by atoms with E-state index in [1.807, 2.05) is 18.2 Å². The Morgan fingerprint density at radius 2 is 2.19 bits per heavy atom. The van der Waals surface area contributed by atoms with E-state index in [1.54, 1.807) is 0 Å². The molecule has 0 amide bonds. The van der Waals surface area contributed by atoms with Gasteiger partial charge in [-0.2, -0.15) is 0 Å². The number of rotatable bonds is 3. The average molecular weight is 236 g/mol. The second-order valence-electron chi connectivity index (χ2n) is 4.40. The Balaban J connectivity index is 1.76. The number of fused-ring (bicyclic) bond motifs is 1. The molecule has 0 atom stereocenters. The predicted octanol–water partition coefficient (Wildman–Crippen LogP) is 3.73. The fourth-order valence-electron chi connectivity index (χ4n) is 2.00. The SMILES string of the molecule is Clc1ccc2cc(CNC3CCC3)oc2c1. The van der Waals surface area contributed by atoms with Crippen molar-refractivity contribution >= 4 is 22.6 Å². The van der Waals surface area contributed by atoms with Gasteiger partial charge in [0.2, 0.25) is 0 Å². The van der Waals surface area contributed by atoms with Crippen LogP contribution in [0.3, 0.4) is 0 Å². The summed E-state index contributed by atoms with van der Waals surface area (Å²) < 4.78 is 5.72. The first-order valence-electron chi connectivity index (χ1n) is 5.72. The van der Waals surface area contributed by atoms with E-state index in [-0.39, 0.29) is 0 Å². The van der Waals surface area contributed by atoms with Gasteiger partial charge in [-0.25, -0.2) is 0 Å². The Labute approximate surface area is 99.6 Å². The van der Waals surface area contributed by atoms with Crippen molar-refractivity contribution in [2.45, 2.75) is 31.8 Å². The van der Waals surface area contributed by atoms with Crippen molar-refractivity contribution in [2.24, 2.45) is 0 Å². The highest BCUT2D eigenvalue weighted by molar-refractivity contribution is 6.31. The van der Waals surface area contributed by atoms with Crippen LogP contribution in [-0.4, -0.2) is 6.04 Å². The summed E-state index contributed by atoms with van der Waals surface area (Å²) >= 11 is 5.91. The van der Waals surface area contributed by atoms with Crippen molar-refractivity contribution in [1.29, 1.82) is 0 Å². The van der Waals surface area contributed by atoms with Crippen molar-refractivity contribution in [3.8, 4) is 0 Å². The summed E-state index contributed by atoms with van der Waals surface area (Å²) in [5.74, 6) is 0.990. The predicted molar refractivity (Wildman–Crippen MR) is 65.7 cm³/mol. The Morgan fingerprint density at radius 3 is 2.94 bits per heavy atom. The molecule has 0 radical (unpaired) electrons. The highest BCUT2D eigenvalue weighted by Gasteiger charge is 2.16. The zero-order chi connectivity index (χ0) is 11.0. The summed E-state index contributed by atoms with van der Waals surface area (Å²) in [6.07, 6.45) is 3.95. The number of benzene rings is 1. The standard InChI is InChI=1S/C13H14ClNO/c14-10-5-4-9-6-12(16-13(9)7-10)8-15-11-2-1-3-11/h4-7,11,15H,1-3,8H2. The minimum absolute atomic E-state index is 0.691. The maximum Gasteiger partial charge on any atom is 0.135 e. The van der Waals surface area contributed by atoms with E-state index in [2.05, 4.69) is 11.4 Å². The van der Waals surface area contributed by atoms with Crippen LogP contribution in [0.4, 0.5) is 0 Å². The van der Waals surface area contributed by atoms with Gasteiger partial charge in [0.05, 0.1) is 6.54 Å². The second kappa shape index (κ2) is 4.11. The molecule has 0 unspecified atom stereocenters. The molecule has 0 spiro atoms. The number of halogens is 1. The summed E-state index contributed by atoms with van der Waals surface area (Å²) in [5, 5.41) is 5.33. The van der Waals surface area contributed by atoms with Gasteiger partial charge in [-0.3, -0.25) is 0 Å². The van der Waals surface area contributed by atoms with E-state index in [9.17, 15) is 0 Å². The molecule has 2 aromatic rings. The van der Waals surface area contributed by atoms with Gasteiger partial charge >= 0.3 is 0 Å². The fraction of sp³-hybridized carbons (Fsp3) is 0.385. The van der Waals surface area contributed by atoms with Crippen molar-refractivity contribution < 1.29 is 4.42 Å². The molecule has 16 heavy (non-hydrogen) atoms. The van der Waals surface area contributed by atoms with E-state index in [4.69, 9.17) is 16.0 Å². The topological polar surface area (TPSA) is 25.2 Å². The van der Waals surface area contributed by atoms with Gasteiger partial charge in [-0.05, 0) is 31.0 Å². The lowest BCUT2D eigenvalue weighted by molar-refractivity contribution is 0.327. The van der Waals surface area contributed by atoms with Gasteiger partial charge in [0.25, 0.3) is 0 Å². The molecular weight excluding hydrogens is 222 g/mol. The van der Waals surface area contributed by atoms with Crippen LogP contribution in [0.25, 0.3) is 11.0 Å². The molecule has 0 saturated heterocycles. The monoisotopic (exact) mass is 235 g/mol. The van der Waals surface area contributed by atoms with E-state index in [0.29, 0.717) is 6.04 Å². The molecule has 1 N–H and O–H groups in total. The smallest absolute Gasteiger partial charge is 0.135 e. The Bertz CT molecular complexity index is 502.